The van der Waals surface area contributed by atoms with Crippen LogP contribution in [0.25, 0.3) is 10.9 Å². The molecule has 0 radical (unpaired) electrons. The van der Waals surface area contributed by atoms with E-state index in [9.17, 15) is 15.0 Å². The molecule has 2 bridgehead atoms. The highest BCUT2D eigenvalue weighted by Crippen LogP contribution is 2.67. The molecule has 1 amide bonds. The van der Waals surface area contributed by atoms with Crippen molar-refractivity contribution >= 4 is 28.5 Å². The first kappa shape index (κ1) is 35.5. The maximum Gasteiger partial charge on any atom is 0.322 e. The zero-order valence-corrected chi connectivity index (χ0v) is 31.8. The number of H-pyrrole nitrogens is 1. The number of carbonyl (C=O) groups is 2. The smallest absolute Gasteiger partial charge is 0.322 e. The predicted molar refractivity (Wildman–Crippen MR) is 205 cm³/mol. The molecule has 9 atom stereocenters. The van der Waals surface area contributed by atoms with Crippen LogP contribution in [-0.2, 0) is 31.7 Å². The Labute approximate surface area is 315 Å². The van der Waals surface area contributed by atoms with Gasteiger partial charge in [0, 0.05) is 84.0 Å². The summed E-state index contributed by atoms with van der Waals surface area (Å²) in [6, 6.07) is 11.2. The van der Waals surface area contributed by atoms with Crippen molar-refractivity contribution in [3.05, 3.63) is 82.6 Å². The molecule has 1 spiro atoms. The Bertz CT molecular complexity index is 2130. The monoisotopic (exact) mass is 736 g/mol. The van der Waals surface area contributed by atoms with Gasteiger partial charge < -0.3 is 29.6 Å². The molecule has 1 aromatic heterocycles. The maximum atomic E-state index is 15.1. The predicted octanol–water partition coefficient (Wildman–Crippen LogP) is 3.00. The summed E-state index contributed by atoms with van der Waals surface area (Å²) in [6.45, 7) is 7.92. The average molecular weight is 737 g/mol. The van der Waals surface area contributed by atoms with Gasteiger partial charge in [-0.3, -0.25) is 24.8 Å². The van der Waals surface area contributed by atoms with E-state index in [1.807, 2.05) is 49.2 Å². The summed E-state index contributed by atoms with van der Waals surface area (Å²) < 4.78 is 12.2. The van der Waals surface area contributed by atoms with Gasteiger partial charge in [-0.2, -0.15) is 0 Å². The van der Waals surface area contributed by atoms with Gasteiger partial charge in [-0.05, 0) is 61.4 Å². The molecule has 5 aliphatic heterocycles. The third kappa shape index (κ3) is 4.20. The number of hydrogen-bond donors (Lipinski definition) is 5. The van der Waals surface area contributed by atoms with Crippen LogP contribution < -0.4 is 20.9 Å². The highest BCUT2D eigenvalue weighted by molar-refractivity contribution is 5.95. The number of methoxy groups -OCH3 is 2. The third-order valence-electron chi connectivity index (χ3n) is 14.5. The first-order valence-corrected chi connectivity index (χ1v) is 19.4. The zero-order chi connectivity index (χ0) is 37.9. The van der Waals surface area contributed by atoms with Crippen LogP contribution in [0.1, 0.15) is 61.9 Å². The van der Waals surface area contributed by atoms with Crippen LogP contribution >= 0.6 is 0 Å². The van der Waals surface area contributed by atoms with Crippen molar-refractivity contribution in [2.45, 2.75) is 80.7 Å². The number of nitrogens with zero attached hydrogens (tertiary/aromatic N) is 3. The lowest BCUT2D eigenvalue weighted by Crippen LogP contribution is -2.82. The topological polar surface area (TPSA) is 157 Å². The number of nitrogens with two attached hydrogens (primary N) is 1. The first-order valence-electron chi connectivity index (χ1n) is 19.4. The van der Waals surface area contributed by atoms with E-state index in [0.29, 0.717) is 50.2 Å². The van der Waals surface area contributed by atoms with Crippen molar-refractivity contribution in [1.29, 1.82) is 0 Å². The molecule has 6 aliphatic rings. The minimum atomic E-state index is -2.28. The molecule has 2 aromatic carbocycles. The van der Waals surface area contributed by atoms with Crippen molar-refractivity contribution in [2.75, 3.05) is 52.3 Å². The van der Waals surface area contributed by atoms with E-state index in [0.717, 1.165) is 52.9 Å². The summed E-state index contributed by atoms with van der Waals surface area (Å²) >= 11 is 0. The Morgan fingerprint density at radius 3 is 2.63 bits per heavy atom. The van der Waals surface area contributed by atoms with Crippen LogP contribution in [0.5, 0.6) is 5.75 Å². The molecule has 1 saturated heterocycles. The van der Waals surface area contributed by atoms with E-state index in [-0.39, 0.29) is 17.9 Å². The number of fused-ring (bicyclic) bond motifs is 6. The van der Waals surface area contributed by atoms with Gasteiger partial charge in [0.25, 0.3) is 5.91 Å². The second-order valence-electron chi connectivity index (χ2n) is 16.6. The summed E-state index contributed by atoms with van der Waals surface area (Å²) in [5, 5.41) is 26.3. The average Bonchev–Trinajstić information content (AvgIpc) is 3.84. The van der Waals surface area contributed by atoms with Crippen LogP contribution in [0.15, 0.2) is 60.2 Å². The number of carbonyl (C=O) groups excluding carboxylic acids is 2. The Hall–Kier alpha value is -4.20. The maximum absolute atomic E-state index is 15.1. The number of aromatic nitrogens is 1. The Kier molecular flexibility index (Phi) is 7.99. The van der Waals surface area contributed by atoms with Crippen molar-refractivity contribution < 1.29 is 29.3 Å². The number of hydrazine groups is 1. The summed E-state index contributed by atoms with van der Waals surface area (Å²) in [7, 11) is 4.95. The molecular weight excluding hydrogens is 684 g/mol. The summed E-state index contributed by atoms with van der Waals surface area (Å²) in [4.78, 5) is 39.6. The van der Waals surface area contributed by atoms with E-state index in [1.54, 1.807) is 7.11 Å². The molecule has 12 nitrogen and oxygen atoms in total. The minimum absolute atomic E-state index is 0.0419. The Morgan fingerprint density at radius 2 is 1.91 bits per heavy atom. The van der Waals surface area contributed by atoms with Crippen LogP contribution in [0.4, 0.5) is 5.69 Å². The molecule has 6 N–H and O–H groups in total. The second kappa shape index (κ2) is 12.1. The molecule has 12 heteroatoms. The molecule has 1 aliphatic carbocycles. The number of benzene rings is 2. The van der Waals surface area contributed by atoms with Gasteiger partial charge in [0.2, 0.25) is 0 Å². The van der Waals surface area contributed by atoms with E-state index in [1.165, 1.54) is 12.7 Å². The van der Waals surface area contributed by atoms with Gasteiger partial charge in [0.1, 0.15) is 17.3 Å². The molecular formula is C42H52N6O6. The number of nitrogens with one attached hydrogen (secondary N) is 2. The molecule has 1 saturated carbocycles. The van der Waals surface area contributed by atoms with Crippen molar-refractivity contribution in [3.63, 3.8) is 0 Å². The molecule has 54 heavy (non-hydrogen) atoms. The van der Waals surface area contributed by atoms with Gasteiger partial charge >= 0.3 is 5.97 Å². The number of hydrogen-bond acceptors (Lipinski definition) is 10. The number of esters is 1. The van der Waals surface area contributed by atoms with E-state index < -0.39 is 39.9 Å². The SMILES string of the molecule is CCC1=CC2CN(C1)Cc1c([nH]c3ccccc13)C(C(=O)OC)(c1cc3c(cc1OC)N(C)C1C(O)(C(=O)NN)C(O)C4(CC)C=CCN5CCC31C54)C2. The van der Waals surface area contributed by atoms with E-state index in [4.69, 9.17) is 15.3 Å². The number of likely N-dealkylation sites (N-methyl/N-ethyl adjacent to an activating group) is 1. The van der Waals surface area contributed by atoms with Gasteiger partial charge in [-0.15, -0.1) is 0 Å². The molecule has 6 heterocycles. The van der Waals surface area contributed by atoms with Crippen LogP contribution in [0.3, 0.4) is 0 Å². The first-order chi connectivity index (χ1) is 26.0. The third-order valence-corrected chi connectivity index (χ3v) is 14.5. The highest BCUT2D eigenvalue weighted by atomic mass is 16.5. The van der Waals surface area contributed by atoms with Crippen molar-refractivity contribution in [2.24, 2.45) is 17.2 Å². The summed E-state index contributed by atoms with van der Waals surface area (Å²) in [5.41, 5.74) is 3.36. The van der Waals surface area contributed by atoms with Crippen molar-refractivity contribution in [1.82, 2.24) is 20.2 Å². The molecule has 9 rings (SSSR count). The number of para-hydroxylation sites is 1. The van der Waals surface area contributed by atoms with Crippen LogP contribution in [0.2, 0.25) is 0 Å². The number of rotatable bonds is 6. The standard InChI is InChI=1S/C42H52N6O6/c1-6-24-17-25-20-41(38(51)54-5,33-27(23-47(21-24)22-25)26-11-8-9-12-30(26)44-33)29-18-28-31(19-32(29)53-4)46(3)35-40(28)14-16-48-15-10-13-39(7-2,34(40)48)36(49)42(35,52)37(50)45-43/h8-13,17-19,25,34-36,44,49,52H,6-7,14-16,20-23,43H2,1-5H3,(H,45,50). The molecule has 2 fully saturated rings. The number of anilines is 1. The number of ether oxygens (including phenoxy) is 2. The van der Waals surface area contributed by atoms with Gasteiger partial charge in [-0.1, -0.05) is 55.8 Å². The number of amides is 1. The van der Waals surface area contributed by atoms with Crippen LogP contribution in [0, 0.1) is 11.3 Å². The quantitative estimate of drug-likeness (QED) is 0.0839. The fourth-order valence-corrected chi connectivity index (χ4v) is 12.5. The number of aliphatic hydroxyl groups is 2. The fraction of sp³-hybridized carbons (Fsp3) is 0.524. The lowest BCUT2D eigenvalue weighted by atomic mass is 9.47. The number of aliphatic hydroxyl groups excluding tert-OH is 1. The summed E-state index contributed by atoms with van der Waals surface area (Å²) in [5.74, 6) is 5.17. The molecule has 9 unspecified atom stereocenters. The lowest BCUT2D eigenvalue weighted by Gasteiger charge is -2.63. The Balaban J connectivity index is 1.37. The molecule has 286 valence electrons. The Morgan fingerprint density at radius 1 is 1.11 bits per heavy atom. The highest BCUT2D eigenvalue weighted by Gasteiger charge is 2.78. The van der Waals surface area contributed by atoms with Crippen molar-refractivity contribution in [3.8, 4) is 5.75 Å². The van der Waals surface area contributed by atoms with Gasteiger partial charge in [0.15, 0.2) is 5.60 Å². The van der Waals surface area contributed by atoms with Gasteiger partial charge in [-0.25, -0.2) is 5.84 Å². The second-order valence-corrected chi connectivity index (χ2v) is 16.6. The summed E-state index contributed by atoms with van der Waals surface area (Å²) in [6.07, 6.45) is 7.44. The largest absolute Gasteiger partial charge is 0.496 e. The fourth-order valence-electron chi connectivity index (χ4n) is 12.5. The zero-order valence-electron chi connectivity index (χ0n) is 31.8. The van der Waals surface area contributed by atoms with E-state index >= 15 is 4.79 Å². The van der Waals surface area contributed by atoms with Crippen LogP contribution in [-0.4, -0.2) is 108 Å². The van der Waals surface area contributed by atoms with E-state index in [2.05, 4.69) is 51.4 Å². The minimum Gasteiger partial charge on any atom is -0.496 e. The molecule has 3 aromatic rings. The normalized spacial score (nSPS) is 36.3. The number of aromatic amines is 1. The lowest BCUT2D eigenvalue weighted by molar-refractivity contribution is -0.203. The van der Waals surface area contributed by atoms with Gasteiger partial charge in [0.05, 0.1) is 20.3 Å².